The van der Waals surface area contributed by atoms with Gasteiger partial charge in [-0.05, 0) is 49.7 Å². The first-order chi connectivity index (χ1) is 17.5. The molecule has 36 heavy (non-hydrogen) atoms. The number of rotatable bonds is 5. The van der Waals surface area contributed by atoms with E-state index in [1.807, 2.05) is 67.3 Å². The zero-order valence-electron chi connectivity index (χ0n) is 20.6. The molecule has 1 fully saturated rings. The molecular formula is C29H30N3O3S+. The summed E-state index contributed by atoms with van der Waals surface area (Å²) in [6.45, 7) is 6.85. The van der Waals surface area contributed by atoms with Gasteiger partial charge in [-0.1, -0.05) is 42.5 Å². The predicted octanol–water partition coefficient (Wildman–Crippen LogP) is 3.35. The monoisotopic (exact) mass is 500 g/mol. The summed E-state index contributed by atoms with van der Waals surface area (Å²) >= 11 is 1.45. The van der Waals surface area contributed by atoms with Crippen LogP contribution in [0.25, 0.3) is 0 Å². The fourth-order valence-corrected chi connectivity index (χ4v) is 7.28. The van der Waals surface area contributed by atoms with Crippen LogP contribution >= 0.6 is 11.8 Å². The molecule has 3 aliphatic heterocycles. The third-order valence-corrected chi connectivity index (χ3v) is 8.89. The summed E-state index contributed by atoms with van der Waals surface area (Å²) in [5, 5.41) is -0.331. The van der Waals surface area contributed by atoms with Gasteiger partial charge in [0.1, 0.15) is 12.3 Å². The number of ether oxygens (including phenoxy) is 1. The number of carbonyl (C=O) groups excluding carboxylic acids is 2. The molecule has 3 aromatic rings. The second kappa shape index (κ2) is 8.98. The summed E-state index contributed by atoms with van der Waals surface area (Å²) in [4.78, 5) is 31.9. The van der Waals surface area contributed by atoms with Crippen LogP contribution in [0.5, 0.6) is 5.75 Å². The molecule has 0 saturated carbocycles. The summed E-state index contributed by atoms with van der Waals surface area (Å²) in [7, 11) is 0. The van der Waals surface area contributed by atoms with Gasteiger partial charge in [0.15, 0.2) is 6.67 Å². The minimum Gasteiger partial charge on any atom is -0.494 e. The number of thioether (sulfide) groups is 1. The minimum absolute atomic E-state index is 0.0355. The van der Waals surface area contributed by atoms with Gasteiger partial charge in [0.05, 0.1) is 24.1 Å². The van der Waals surface area contributed by atoms with E-state index in [1.165, 1.54) is 27.8 Å². The molecule has 1 saturated heterocycles. The molecule has 3 heterocycles. The molecule has 3 aliphatic rings. The lowest BCUT2D eigenvalue weighted by Crippen LogP contribution is -3.13. The van der Waals surface area contributed by atoms with Crippen molar-refractivity contribution in [1.82, 2.24) is 0 Å². The van der Waals surface area contributed by atoms with E-state index in [0.29, 0.717) is 19.0 Å². The van der Waals surface area contributed by atoms with Crippen molar-refractivity contribution in [2.24, 2.45) is 0 Å². The fraction of sp³-hybridized carbons (Fsp3) is 0.310. The highest BCUT2D eigenvalue weighted by molar-refractivity contribution is 8.03. The molecule has 184 valence electrons. The molecular weight excluding hydrogens is 470 g/mol. The number of hydrogen-bond donors (Lipinski definition) is 1. The van der Waals surface area contributed by atoms with Crippen LogP contribution in [0.4, 0.5) is 11.4 Å². The van der Waals surface area contributed by atoms with E-state index in [9.17, 15) is 9.59 Å². The van der Waals surface area contributed by atoms with Crippen LogP contribution < -0.4 is 19.4 Å². The van der Waals surface area contributed by atoms with E-state index in [-0.39, 0.29) is 17.1 Å². The van der Waals surface area contributed by atoms with Crippen LogP contribution in [-0.2, 0) is 27.4 Å². The van der Waals surface area contributed by atoms with Crippen molar-refractivity contribution in [2.75, 3.05) is 29.6 Å². The molecule has 7 heteroatoms. The van der Waals surface area contributed by atoms with E-state index < -0.39 is 4.87 Å². The maximum Gasteiger partial charge on any atom is 0.273 e. The van der Waals surface area contributed by atoms with Crippen molar-refractivity contribution in [3.05, 3.63) is 89.5 Å². The lowest BCUT2D eigenvalue weighted by Gasteiger charge is -2.34. The van der Waals surface area contributed by atoms with Crippen LogP contribution in [-0.4, -0.2) is 36.9 Å². The van der Waals surface area contributed by atoms with E-state index in [1.54, 1.807) is 4.90 Å². The van der Waals surface area contributed by atoms with Gasteiger partial charge in [-0.25, -0.2) is 0 Å². The quantitative estimate of drug-likeness (QED) is 0.584. The van der Waals surface area contributed by atoms with Gasteiger partial charge >= 0.3 is 0 Å². The van der Waals surface area contributed by atoms with E-state index in [4.69, 9.17) is 4.74 Å². The SMILES string of the molecule is CCOc1ccc(N2C(=O)C(C)S[C@]23C(=O)N(C[NH+]2CCc4ccccc4C2)c2ccccc23)cc1. The highest BCUT2D eigenvalue weighted by Crippen LogP contribution is 2.57. The van der Waals surface area contributed by atoms with Crippen molar-refractivity contribution < 1.29 is 19.2 Å². The normalized spacial score (nSPS) is 24.8. The Kier molecular flexibility index (Phi) is 5.77. The number of benzene rings is 3. The number of anilines is 2. The van der Waals surface area contributed by atoms with Crippen LogP contribution in [0.15, 0.2) is 72.8 Å². The molecule has 0 aliphatic carbocycles. The number of amides is 2. The highest BCUT2D eigenvalue weighted by Gasteiger charge is 2.63. The maximum absolute atomic E-state index is 14.4. The molecule has 0 aromatic heterocycles. The second-order valence-electron chi connectivity index (χ2n) is 9.61. The molecule has 6 rings (SSSR count). The minimum atomic E-state index is -1.10. The van der Waals surface area contributed by atoms with Gasteiger partial charge in [0, 0.05) is 23.2 Å². The summed E-state index contributed by atoms with van der Waals surface area (Å²) in [6.07, 6.45) is 1.00. The molecule has 2 amide bonds. The first kappa shape index (κ1) is 23.1. The number of para-hydroxylation sites is 1. The Morgan fingerprint density at radius 2 is 1.72 bits per heavy atom. The van der Waals surface area contributed by atoms with Gasteiger partial charge in [-0.2, -0.15) is 0 Å². The predicted molar refractivity (Wildman–Crippen MR) is 142 cm³/mol. The van der Waals surface area contributed by atoms with Crippen molar-refractivity contribution in [3.8, 4) is 5.75 Å². The zero-order valence-corrected chi connectivity index (χ0v) is 21.4. The Morgan fingerprint density at radius 3 is 2.50 bits per heavy atom. The Hall–Kier alpha value is -3.29. The first-order valence-corrected chi connectivity index (χ1v) is 13.5. The standard InChI is InChI=1S/C29H29N3O3S/c1-3-35-24-14-12-23(13-15-24)32-27(33)20(2)36-29(32)25-10-6-7-11-26(25)31(28(29)34)19-30-17-16-21-8-4-5-9-22(21)18-30/h4-15,20H,3,16-19H2,1-2H3/p+1/t20?,29-/m1/s1. The van der Waals surface area contributed by atoms with Crippen LogP contribution in [0.3, 0.4) is 0 Å². The number of quaternary nitrogens is 1. The third-order valence-electron chi connectivity index (χ3n) is 7.42. The Labute approximate surface area is 215 Å². The molecule has 3 atom stereocenters. The number of fused-ring (bicyclic) bond motifs is 3. The van der Waals surface area contributed by atoms with Gasteiger partial charge in [-0.3, -0.25) is 19.4 Å². The molecule has 2 unspecified atom stereocenters. The van der Waals surface area contributed by atoms with Crippen LogP contribution in [0, 0.1) is 0 Å². The van der Waals surface area contributed by atoms with Gasteiger partial charge in [0.25, 0.3) is 5.91 Å². The Balaban J connectivity index is 1.38. The van der Waals surface area contributed by atoms with Crippen molar-refractivity contribution >= 4 is 35.0 Å². The Bertz CT molecular complexity index is 1330. The molecule has 0 bridgehead atoms. The second-order valence-corrected chi connectivity index (χ2v) is 11.1. The average molecular weight is 501 g/mol. The number of nitrogens with zero attached hydrogens (tertiary/aromatic N) is 2. The van der Waals surface area contributed by atoms with E-state index in [2.05, 4.69) is 24.3 Å². The molecule has 1 spiro atoms. The highest BCUT2D eigenvalue weighted by atomic mass is 32.2. The number of nitrogens with one attached hydrogen (secondary N) is 1. The Morgan fingerprint density at radius 1 is 1.00 bits per heavy atom. The smallest absolute Gasteiger partial charge is 0.273 e. The summed E-state index contributed by atoms with van der Waals surface area (Å²) in [6, 6.07) is 24.0. The van der Waals surface area contributed by atoms with Gasteiger partial charge in [-0.15, -0.1) is 11.8 Å². The van der Waals surface area contributed by atoms with Crippen LogP contribution in [0.1, 0.15) is 30.5 Å². The van der Waals surface area contributed by atoms with Crippen LogP contribution in [0.2, 0.25) is 0 Å². The lowest BCUT2D eigenvalue weighted by molar-refractivity contribution is -0.914. The topological polar surface area (TPSA) is 54.3 Å². The zero-order chi connectivity index (χ0) is 24.9. The van der Waals surface area contributed by atoms with Crippen molar-refractivity contribution in [2.45, 2.75) is 36.9 Å². The lowest BCUT2D eigenvalue weighted by atomic mass is 10.0. The molecule has 0 radical (unpaired) electrons. The number of carbonyl (C=O) groups is 2. The number of hydrogen-bond acceptors (Lipinski definition) is 4. The van der Waals surface area contributed by atoms with Gasteiger partial charge in [0.2, 0.25) is 10.8 Å². The maximum atomic E-state index is 14.4. The van der Waals surface area contributed by atoms with Crippen molar-refractivity contribution in [3.63, 3.8) is 0 Å². The van der Waals surface area contributed by atoms with Crippen molar-refractivity contribution in [1.29, 1.82) is 0 Å². The van der Waals surface area contributed by atoms with E-state index in [0.717, 1.165) is 36.5 Å². The summed E-state index contributed by atoms with van der Waals surface area (Å²) in [5.41, 5.74) is 5.26. The molecule has 6 nitrogen and oxygen atoms in total. The van der Waals surface area contributed by atoms with Gasteiger partial charge < -0.3 is 9.64 Å². The largest absolute Gasteiger partial charge is 0.494 e. The molecule has 3 aromatic carbocycles. The fourth-order valence-electron chi connectivity index (χ4n) is 5.75. The van der Waals surface area contributed by atoms with E-state index >= 15 is 0 Å². The average Bonchev–Trinajstić information content (AvgIpc) is 3.30. The first-order valence-electron chi connectivity index (χ1n) is 12.6. The molecule has 1 N–H and O–H groups in total. The summed E-state index contributed by atoms with van der Waals surface area (Å²) < 4.78 is 5.61. The third kappa shape index (κ3) is 3.52. The summed E-state index contributed by atoms with van der Waals surface area (Å²) in [5.74, 6) is 0.663.